The van der Waals surface area contributed by atoms with Gasteiger partial charge in [0.2, 0.25) is 0 Å². The third-order valence-electron chi connectivity index (χ3n) is 2.87. The smallest absolute Gasteiger partial charge is 0.123 e. The summed E-state index contributed by atoms with van der Waals surface area (Å²) >= 11 is 0. The van der Waals surface area contributed by atoms with Crippen molar-refractivity contribution in [2.24, 2.45) is 0 Å². The number of hydrogen-bond donors (Lipinski definition) is 0. The number of rotatable bonds is 2. The van der Waals surface area contributed by atoms with Gasteiger partial charge in [-0.1, -0.05) is 76.5 Å². The van der Waals surface area contributed by atoms with E-state index in [1.807, 2.05) is 45.0 Å². The van der Waals surface area contributed by atoms with Crippen LogP contribution in [-0.4, -0.2) is 7.85 Å². The van der Waals surface area contributed by atoms with Gasteiger partial charge in [0, 0.05) is 0 Å². The van der Waals surface area contributed by atoms with Gasteiger partial charge in [-0.15, -0.1) is 0 Å². The highest BCUT2D eigenvalue weighted by molar-refractivity contribution is 6.32. The zero-order valence-electron chi connectivity index (χ0n) is 13.9. The van der Waals surface area contributed by atoms with Crippen LogP contribution >= 0.6 is 0 Å². The molecular formula is C19H26BF. The molecule has 2 aromatic rings. The molecule has 0 aliphatic rings. The topological polar surface area (TPSA) is 0 Å². The fraction of sp³-hybridized carbons (Fsp3) is 0.368. The summed E-state index contributed by atoms with van der Waals surface area (Å²) in [6.07, 6.45) is 0.901. The summed E-state index contributed by atoms with van der Waals surface area (Å²) in [5, 5.41) is 0. The molecule has 0 aliphatic carbocycles. The molecule has 2 radical (unpaired) electrons. The Morgan fingerprint density at radius 2 is 1.62 bits per heavy atom. The predicted molar refractivity (Wildman–Crippen MR) is 93.0 cm³/mol. The fourth-order valence-electron chi connectivity index (χ4n) is 1.68. The summed E-state index contributed by atoms with van der Waals surface area (Å²) in [5.74, 6) is 0.429. The van der Waals surface area contributed by atoms with Gasteiger partial charge in [-0.2, -0.15) is 0 Å². The molecule has 0 aliphatic heterocycles. The van der Waals surface area contributed by atoms with Gasteiger partial charge in [0.15, 0.2) is 0 Å². The van der Waals surface area contributed by atoms with Crippen LogP contribution in [0.3, 0.4) is 0 Å². The van der Waals surface area contributed by atoms with E-state index in [9.17, 15) is 4.39 Å². The molecule has 2 aromatic carbocycles. The van der Waals surface area contributed by atoms with Gasteiger partial charge >= 0.3 is 0 Å². The third kappa shape index (κ3) is 8.34. The minimum Gasteiger partial charge on any atom is -0.207 e. The van der Waals surface area contributed by atoms with E-state index in [1.54, 1.807) is 12.1 Å². The Labute approximate surface area is 130 Å². The Kier molecular flexibility index (Phi) is 10.3. The van der Waals surface area contributed by atoms with Crippen molar-refractivity contribution in [1.82, 2.24) is 0 Å². The molecule has 0 heterocycles. The molecule has 0 saturated heterocycles. The highest BCUT2D eigenvalue weighted by Gasteiger charge is 1.96. The van der Waals surface area contributed by atoms with Crippen LogP contribution in [-0.2, 0) is 6.42 Å². The van der Waals surface area contributed by atoms with Gasteiger partial charge in [-0.05, 0) is 35.6 Å². The second-order valence-electron chi connectivity index (χ2n) is 4.81. The van der Waals surface area contributed by atoms with E-state index in [0.717, 1.165) is 17.4 Å². The average Bonchev–Trinajstić information content (AvgIpc) is 2.50. The molecule has 112 valence electrons. The Balaban J connectivity index is 0.000000342. The third-order valence-corrected chi connectivity index (χ3v) is 2.87. The molecule has 21 heavy (non-hydrogen) atoms. The lowest BCUT2D eigenvalue weighted by molar-refractivity contribution is 0.625. The first-order valence-electron chi connectivity index (χ1n) is 7.62. The molecular weight excluding hydrogens is 258 g/mol. The van der Waals surface area contributed by atoms with E-state index in [1.165, 1.54) is 11.6 Å². The number of benzene rings is 2. The van der Waals surface area contributed by atoms with Crippen LogP contribution in [0.15, 0.2) is 48.5 Å². The first-order chi connectivity index (χ1) is 10.0. The highest BCUT2D eigenvalue weighted by Crippen LogP contribution is 2.10. The molecule has 0 atom stereocenters. The molecule has 2 rings (SSSR count). The van der Waals surface area contributed by atoms with Crippen LogP contribution in [0, 0.1) is 5.82 Å². The van der Waals surface area contributed by atoms with Crippen LogP contribution < -0.4 is 5.46 Å². The van der Waals surface area contributed by atoms with E-state index in [0.29, 0.717) is 5.92 Å². The van der Waals surface area contributed by atoms with Crippen LogP contribution in [0.1, 0.15) is 51.7 Å². The maximum Gasteiger partial charge on any atom is 0.123 e. The highest BCUT2D eigenvalue weighted by atomic mass is 19.1. The minimum atomic E-state index is -0.144. The molecule has 0 aromatic heterocycles. The summed E-state index contributed by atoms with van der Waals surface area (Å²) < 4.78 is 12.4. The maximum absolute atomic E-state index is 12.4. The van der Waals surface area contributed by atoms with Crippen LogP contribution in [0.25, 0.3) is 0 Å². The molecule has 0 fully saturated rings. The molecule has 0 unspecified atom stereocenters. The van der Waals surface area contributed by atoms with Crippen LogP contribution in [0.5, 0.6) is 0 Å². The quantitative estimate of drug-likeness (QED) is 0.679. The van der Waals surface area contributed by atoms with Gasteiger partial charge in [-0.25, -0.2) is 4.39 Å². The van der Waals surface area contributed by atoms with Gasteiger partial charge < -0.3 is 0 Å². The zero-order chi connectivity index (χ0) is 16.3. The lowest BCUT2D eigenvalue weighted by Crippen LogP contribution is -2.02. The number of hydrogen-bond acceptors (Lipinski definition) is 0. The lowest BCUT2D eigenvalue weighted by atomic mass is 9.91. The average molecular weight is 284 g/mol. The Hall–Kier alpha value is -1.57. The first kappa shape index (κ1) is 19.4. The van der Waals surface area contributed by atoms with Crippen molar-refractivity contribution >= 4 is 13.3 Å². The second kappa shape index (κ2) is 11.1. The minimum absolute atomic E-state index is 0.144. The van der Waals surface area contributed by atoms with E-state index in [2.05, 4.69) is 19.9 Å². The number of aryl methyl sites for hydroxylation is 1. The lowest BCUT2D eigenvalue weighted by Gasteiger charge is -2.04. The Bertz CT molecular complexity index is 506. The summed E-state index contributed by atoms with van der Waals surface area (Å²) in [4.78, 5) is 0. The molecule has 2 heteroatoms. The molecule has 0 bridgehead atoms. The summed E-state index contributed by atoms with van der Waals surface area (Å²) in [6.45, 7) is 10.3. The Morgan fingerprint density at radius 1 is 1.00 bits per heavy atom. The van der Waals surface area contributed by atoms with Crippen molar-refractivity contribution in [3.8, 4) is 0 Å². The molecule has 0 saturated carbocycles. The van der Waals surface area contributed by atoms with E-state index in [4.69, 9.17) is 7.85 Å². The van der Waals surface area contributed by atoms with Crippen molar-refractivity contribution in [2.75, 3.05) is 0 Å². The van der Waals surface area contributed by atoms with Crippen LogP contribution in [0.2, 0.25) is 0 Å². The molecule has 0 spiro atoms. The summed E-state index contributed by atoms with van der Waals surface area (Å²) in [7, 11) is 5.60. The van der Waals surface area contributed by atoms with Gasteiger partial charge in [0.1, 0.15) is 13.7 Å². The summed E-state index contributed by atoms with van der Waals surface area (Å²) in [5.41, 5.74) is 3.21. The van der Waals surface area contributed by atoms with E-state index < -0.39 is 0 Å². The fourth-order valence-corrected chi connectivity index (χ4v) is 1.68. The SMILES string of the molecule is CC.CCc1cccc(F)c1.[B]c1cccc(C(C)C)c1. The predicted octanol–water partition coefficient (Wildman–Crippen LogP) is 5.02. The zero-order valence-corrected chi connectivity index (χ0v) is 13.9. The van der Waals surface area contributed by atoms with Crippen molar-refractivity contribution in [3.63, 3.8) is 0 Å². The van der Waals surface area contributed by atoms with Gasteiger partial charge in [0.05, 0.1) is 0 Å². The van der Waals surface area contributed by atoms with Crippen molar-refractivity contribution in [2.45, 2.75) is 47.0 Å². The monoisotopic (exact) mass is 284 g/mol. The molecule has 0 nitrogen and oxygen atoms in total. The second-order valence-corrected chi connectivity index (χ2v) is 4.81. The summed E-state index contributed by atoms with van der Waals surface area (Å²) in [6, 6.07) is 14.7. The van der Waals surface area contributed by atoms with Gasteiger partial charge in [0.25, 0.3) is 0 Å². The van der Waals surface area contributed by atoms with Gasteiger partial charge in [-0.3, -0.25) is 0 Å². The molecule has 0 N–H and O–H groups in total. The maximum atomic E-state index is 12.4. The van der Waals surface area contributed by atoms with Crippen molar-refractivity contribution < 1.29 is 4.39 Å². The van der Waals surface area contributed by atoms with E-state index in [-0.39, 0.29) is 5.82 Å². The largest absolute Gasteiger partial charge is 0.207 e. The molecule has 0 amide bonds. The number of halogens is 1. The first-order valence-corrected chi connectivity index (χ1v) is 7.62. The van der Waals surface area contributed by atoms with Crippen molar-refractivity contribution in [1.29, 1.82) is 0 Å². The standard InChI is InChI=1S/C9H11B.C8H9F.C2H6/c1-7(2)8-4-3-5-9(10)6-8;1-2-7-4-3-5-8(9)6-7;1-2/h3-7H,1-2H3;3-6H,2H2,1H3;1-2H3. The van der Waals surface area contributed by atoms with Crippen LogP contribution in [0.4, 0.5) is 4.39 Å². The van der Waals surface area contributed by atoms with E-state index >= 15 is 0 Å². The Morgan fingerprint density at radius 3 is 2.00 bits per heavy atom. The normalized spacial score (nSPS) is 9.29. The van der Waals surface area contributed by atoms with Crippen molar-refractivity contribution in [3.05, 3.63) is 65.5 Å².